The molecule has 4 aliphatic rings. The molecule has 3 saturated heterocycles. The number of rotatable bonds is 5. The second kappa shape index (κ2) is 6.45. The van der Waals surface area contributed by atoms with Crippen molar-refractivity contribution in [3.8, 4) is 16.3 Å². The number of carbonyl (C=O) groups excluding carboxylic acids is 1. The molecule has 2 aromatic rings. The lowest BCUT2D eigenvalue weighted by Crippen LogP contribution is -2.70. The van der Waals surface area contributed by atoms with E-state index in [0.717, 1.165) is 23.7 Å². The van der Waals surface area contributed by atoms with Crippen LogP contribution < -0.4 is 20.7 Å². The summed E-state index contributed by atoms with van der Waals surface area (Å²) in [5.41, 5.74) is 7.55. The number of carbonyl (C=O) groups is 1. The van der Waals surface area contributed by atoms with Crippen molar-refractivity contribution in [2.75, 3.05) is 31.1 Å². The molecule has 3 fully saturated rings. The maximum atomic E-state index is 12.1. The molecule has 4 aliphatic heterocycles. The first kappa shape index (κ1) is 16.9. The molecule has 3 atom stereocenters. The number of amides is 1. The number of aliphatic hydroxyl groups is 1. The number of fused-ring (bicyclic) bond motifs is 3. The van der Waals surface area contributed by atoms with Crippen LogP contribution in [0.4, 0.5) is 5.69 Å². The molecule has 0 aliphatic carbocycles. The van der Waals surface area contributed by atoms with Gasteiger partial charge in [0, 0.05) is 43.3 Å². The highest BCUT2D eigenvalue weighted by Crippen LogP contribution is 2.48. The van der Waals surface area contributed by atoms with Crippen molar-refractivity contribution < 1.29 is 14.6 Å². The van der Waals surface area contributed by atoms with Crippen LogP contribution in [0.3, 0.4) is 0 Å². The Morgan fingerprint density at radius 3 is 2.81 bits per heavy atom. The van der Waals surface area contributed by atoms with Gasteiger partial charge in [-0.25, -0.2) is 9.88 Å². The first-order valence-electron chi connectivity index (χ1n) is 9.06. The Kier molecular flexibility index (Phi) is 4.05. The van der Waals surface area contributed by atoms with Crippen LogP contribution in [0.5, 0.6) is 5.75 Å². The smallest absolute Gasteiger partial charge is 0.250 e. The summed E-state index contributed by atoms with van der Waals surface area (Å²) in [4.78, 5) is 20.7. The lowest BCUT2D eigenvalue weighted by atomic mass is 9.91. The summed E-state index contributed by atoms with van der Waals surface area (Å²) in [6.07, 6.45) is 2.57. The highest BCUT2D eigenvalue weighted by atomic mass is 32.1. The fraction of sp³-hybridized carbons (Fsp3) is 0.444. The number of hydrogen-bond donors (Lipinski definition) is 3. The van der Waals surface area contributed by atoms with Gasteiger partial charge in [0.1, 0.15) is 5.01 Å². The summed E-state index contributed by atoms with van der Waals surface area (Å²) in [5, 5.41) is 15.9. The van der Waals surface area contributed by atoms with E-state index in [1.807, 2.05) is 16.3 Å². The van der Waals surface area contributed by atoms with E-state index in [2.05, 4.69) is 15.2 Å². The molecule has 0 radical (unpaired) electrons. The highest BCUT2D eigenvalue weighted by molar-refractivity contribution is 7.13. The number of ether oxygens (including phenoxy) is 1. The summed E-state index contributed by atoms with van der Waals surface area (Å²) in [6.45, 7) is 2.06. The van der Waals surface area contributed by atoms with Gasteiger partial charge in [0.05, 0.1) is 23.4 Å². The molecule has 142 valence electrons. The van der Waals surface area contributed by atoms with E-state index in [0.29, 0.717) is 35.6 Å². The van der Waals surface area contributed by atoms with E-state index in [1.165, 1.54) is 17.8 Å². The Bertz CT molecular complexity index is 858. The van der Waals surface area contributed by atoms with Crippen LogP contribution in [0.2, 0.25) is 0 Å². The van der Waals surface area contributed by atoms with Crippen LogP contribution in [0.25, 0.3) is 10.6 Å². The minimum atomic E-state index is -0.507. The number of piperazine rings is 1. The van der Waals surface area contributed by atoms with Crippen molar-refractivity contribution >= 4 is 22.9 Å². The number of primary amides is 1. The number of aromatic nitrogens is 1. The van der Waals surface area contributed by atoms with Crippen molar-refractivity contribution in [1.82, 2.24) is 15.2 Å². The van der Waals surface area contributed by atoms with E-state index >= 15 is 0 Å². The third-order valence-electron chi connectivity index (χ3n) is 5.44. The molecule has 9 heteroatoms. The molecule has 2 bridgehead atoms. The van der Waals surface area contributed by atoms with Crippen molar-refractivity contribution in [2.24, 2.45) is 5.73 Å². The zero-order valence-electron chi connectivity index (χ0n) is 14.7. The highest BCUT2D eigenvalue weighted by Gasteiger charge is 2.45. The number of aliphatic hydroxyl groups excluding tert-OH is 1. The zero-order valence-corrected chi connectivity index (χ0v) is 15.5. The number of benzene rings is 1. The van der Waals surface area contributed by atoms with Crippen molar-refractivity contribution in [1.29, 1.82) is 0 Å². The van der Waals surface area contributed by atoms with Crippen molar-refractivity contribution in [3.05, 3.63) is 29.3 Å². The van der Waals surface area contributed by atoms with E-state index < -0.39 is 5.91 Å². The van der Waals surface area contributed by atoms with Gasteiger partial charge >= 0.3 is 0 Å². The van der Waals surface area contributed by atoms with Gasteiger partial charge in [0.25, 0.3) is 5.91 Å². The molecule has 3 unspecified atom stereocenters. The van der Waals surface area contributed by atoms with Crippen LogP contribution >= 0.6 is 11.3 Å². The number of nitrogens with two attached hydrogens (primary N) is 1. The fourth-order valence-electron chi connectivity index (χ4n) is 4.31. The predicted octanol–water partition coefficient (Wildman–Crippen LogP) is 0.430. The van der Waals surface area contributed by atoms with Gasteiger partial charge in [-0.15, -0.1) is 11.3 Å². The quantitative estimate of drug-likeness (QED) is 0.683. The Balaban J connectivity index is 1.59. The number of anilines is 1. The number of nitrogens with zero attached hydrogens (tertiary/aromatic N) is 3. The Hall–Kier alpha value is -2.20. The molecule has 5 heterocycles. The molecule has 1 aromatic carbocycles. The maximum absolute atomic E-state index is 12.1. The van der Waals surface area contributed by atoms with Gasteiger partial charge < -0.3 is 25.8 Å². The topological polar surface area (TPSA) is 104 Å². The molecule has 27 heavy (non-hydrogen) atoms. The average molecular weight is 387 g/mol. The van der Waals surface area contributed by atoms with Crippen LogP contribution in [-0.2, 0) is 0 Å². The molecular weight excluding hydrogens is 366 g/mol. The van der Waals surface area contributed by atoms with E-state index in [1.54, 1.807) is 12.3 Å². The second-order valence-corrected chi connectivity index (χ2v) is 8.05. The standard InChI is InChI=1S/C18H21N5O3S/c19-16(25)12-1-2-13(17-20-3-6-27-17)15-14(12)23(4-5-24)18(26-15)22-8-10-7-11(9-22)21-10/h1-3,6,10-11,18,21,24H,4-5,7-9H2,(H2,19,25). The van der Waals surface area contributed by atoms with E-state index in [4.69, 9.17) is 10.5 Å². The molecule has 1 amide bonds. The molecule has 0 spiro atoms. The molecule has 4 N–H and O–H groups in total. The monoisotopic (exact) mass is 387 g/mol. The predicted molar refractivity (Wildman–Crippen MR) is 102 cm³/mol. The van der Waals surface area contributed by atoms with Crippen LogP contribution in [-0.4, -0.2) is 65.6 Å². The molecule has 1 aromatic heterocycles. The Morgan fingerprint density at radius 1 is 1.41 bits per heavy atom. The third kappa shape index (κ3) is 2.69. The van der Waals surface area contributed by atoms with Crippen molar-refractivity contribution in [3.63, 3.8) is 0 Å². The lowest BCUT2D eigenvalue weighted by Gasteiger charge is -2.50. The van der Waals surface area contributed by atoms with Gasteiger partial charge in [-0.05, 0) is 18.6 Å². The minimum absolute atomic E-state index is 0.0437. The van der Waals surface area contributed by atoms with Crippen LogP contribution in [0.1, 0.15) is 16.8 Å². The van der Waals surface area contributed by atoms with Gasteiger partial charge in [0.2, 0.25) is 6.35 Å². The Morgan fingerprint density at radius 2 is 2.19 bits per heavy atom. The zero-order chi connectivity index (χ0) is 18.5. The summed E-state index contributed by atoms with van der Waals surface area (Å²) in [5.74, 6) is 0.110. The largest absolute Gasteiger partial charge is 0.454 e. The summed E-state index contributed by atoms with van der Waals surface area (Å²) in [7, 11) is 0. The van der Waals surface area contributed by atoms with Crippen molar-refractivity contribution in [2.45, 2.75) is 24.9 Å². The van der Waals surface area contributed by atoms with Crippen LogP contribution in [0, 0.1) is 0 Å². The molecule has 0 saturated carbocycles. The maximum Gasteiger partial charge on any atom is 0.250 e. The second-order valence-electron chi connectivity index (χ2n) is 7.15. The van der Waals surface area contributed by atoms with Gasteiger partial charge in [-0.3, -0.25) is 4.79 Å². The first-order chi connectivity index (χ1) is 13.2. The SMILES string of the molecule is NC(=O)c1ccc(-c2nccs2)c2c1N(CCO)C(N1CC3CC(C1)N3)O2. The average Bonchev–Trinajstić information content (AvgIpc) is 3.29. The normalized spacial score (nSPS) is 26.4. The van der Waals surface area contributed by atoms with Gasteiger partial charge in [0.15, 0.2) is 5.75 Å². The number of hydrogen-bond acceptors (Lipinski definition) is 8. The van der Waals surface area contributed by atoms with Gasteiger partial charge in [-0.1, -0.05) is 0 Å². The van der Waals surface area contributed by atoms with Gasteiger partial charge in [-0.2, -0.15) is 0 Å². The first-order valence-corrected chi connectivity index (χ1v) is 9.94. The third-order valence-corrected chi connectivity index (χ3v) is 6.25. The minimum Gasteiger partial charge on any atom is -0.454 e. The fourth-order valence-corrected chi connectivity index (χ4v) is 4.97. The van der Waals surface area contributed by atoms with E-state index in [9.17, 15) is 9.90 Å². The number of nitrogens with one attached hydrogen (secondary N) is 1. The number of thiazole rings is 1. The molecule has 6 rings (SSSR count). The Labute approximate surface area is 160 Å². The van der Waals surface area contributed by atoms with E-state index in [-0.39, 0.29) is 13.0 Å². The van der Waals surface area contributed by atoms with Crippen LogP contribution in [0.15, 0.2) is 23.7 Å². The number of β-amino-alcohol motifs (C(OH)–C–C–N with tert-alkyl or cyclic N) is 1. The summed E-state index contributed by atoms with van der Waals surface area (Å²) in [6, 6.07) is 4.51. The number of piperidine rings is 1. The summed E-state index contributed by atoms with van der Waals surface area (Å²) < 4.78 is 6.40. The molecule has 8 nitrogen and oxygen atoms in total. The molecular formula is C18H21N5O3S. The lowest BCUT2D eigenvalue weighted by molar-refractivity contribution is -0.0299. The summed E-state index contributed by atoms with van der Waals surface area (Å²) >= 11 is 1.52.